The number of benzene rings is 3. The van der Waals surface area contributed by atoms with Crippen molar-refractivity contribution in [1.82, 2.24) is 5.32 Å². The average molecular weight is 525 g/mol. The molecule has 0 saturated carbocycles. The first-order valence-corrected chi connectivity index (χ1v) is 13.5. The molecule has 5 heteroatoms. The molecule has 39 heavy (non-hydrogen) atoms. The summed E-state index contributed by atoms with van der Waals surface area (Å²) >= 11 is 0. The molecule has 1 unspecified atom stereocenters. The van der Waals surface area contributed by atoms with Crippen molar-refractivity contribution >= 4 is 29.2 Å². The molecule has 1 atom stereocenters. The standard InChI is InChI=1S/C27H23NO3.C7H17N/c1-18-9-14-23-19(2)24(16-20-10-12-21(17-29)13-11-20)26(27(30)31-3)28(25(23)15-18)22-7-5-4-6-8-22;1-4-5-6-7(2)8-3/h4-15,17H,2,16H2,1,3H3;7-8H,4-6H2,1-3H3. The van der Waals surface area contributed by atoms with Crippen LogP contribution in [0.3, 0.4) is 0 Å². The Morgan fingerprint density at radius 3 is 2.36 bits per heavy atom. The van der Waals surface area contributed by atoms with Gasteiger partial charge >= 0.3 is 5.97 Å². The van der Waals surface area contributed by atoms with E-state index in [4.69, 9.17) is 4.74 Å². The van der Waals surface area contributed by atoms with Crippen LogP contribution in [0.4, 0.5) is 11.4 Å². The van der Waals surface area contributed by atoms with Gasteiger partial charge in [-0.2, -0.15) is 0 Å². The first-order valence-electron chi connectivity index (χ1n) is 13.5. The predicted octanol–water partition coefficient (Wildman–Crippen LogP) is 7.43. The number of ether oxygens (including phenoxy) is 1. The molecule has 3 aromatic carbocycles. The summed E-state index contributed by atoms with van der Waals surface area (Å²) in [5.74, 6) is -0.420. The molecular formula is C34H40N2O3. The summed E-state index contributed by atoms with van der Waals surface area (Å²) in [5, 5.41) is 3.20. The lowest BCUT2D eigenvalue weighted by atomic mass is 9.86. The lowest BCUT2D eigenvalue weighted by Gasteiger charge is -2.35. The molecule has 4 rings (SSSR count). The maximum Gasteiger partial charge on any atom is 0.355 e. The van der Waals surface area contributed by atoms with Crippen LogP contribution >= 0.6 is 0 Å². The van der Waals surface area contributed by atoms with E-state index in [2.05, 4.69) is 31.8 Å². The third-order valence-corrected chi connectivity index (χ3v) is 6.97. The van der Waals surface area contributed by atoms with E-state index in [0.29, 0.717) is 23.7 Å². The quantitative estimate of drug-likeness (QED) is 0.233. The van der Waals surface area contributed by atoms with Gasteiger partial charge in [0.1, 0.15) is 12.0 Å². The zero-order valence-corrected chi connectivity index (χ0v) is 23.8. The summed E-state index contributed by atoms with van der Waals surface area (Å²) in [5.41, 5.74) is 7.47. The Bertz CT molecular complexity index is 1310. The van der Waals surface area contributed by atoms with Gasteiger partial charge in [0.15, 0.2) is 0 Å². The Labute approximate surface area is 233 Å². The molecule has 0 bridgehead atoms. The van der Waals surface area contributed by atoms with Gasteiger partial charge in [0, 0.05) is 29.3 Å². The van der Waals surface area contributed by atoms with Crippen LogP contribution in [0.1, 0.15) is 60.2 Å². The highest BCUT2D eigenvalue weighted by Gasteiger charge is 2.33. The van der Waals surface area contributed by atoms with Crippen LogP contribution in [0.2, 0.25) is 0 Å². The second-order valence-electron chi connectivity index (χ2n) is 9.86. The highest BCUT2D eigenvalue weighted by atomic mass is 16.5. The number of para-hydroxylation sites is 1. The molecule has 0 saturated heterocycles. The fraction of sp³-hybridized carbons (Fsp3) is 0.294. The zero-order valence-electron chi connectivity index (χ0n) is 23.8. The number of hydrogen-bond donors (Lipinski definition) is 1. The van der Waals surface area contributed by atoms with Crippen LogP contribution in [-0.4, -0.2) is 32.5 Å². The van der Waals surface area contributed by atoms with Gasteiger partial charge in [-0.05, 0) is 67.8 Å². The number of anilines is 2. The molecule has 5 nitrogen and oxygen atoms in total. The van der Waals surface area contributed by atoms with Gasteiger partial charge in [-0.25, -0.2) is 4.79 Å². The number of esters is 1. The SMILES string of the molecule is C=C1C(Cc2ccc(C=O)cc2)=C(C(=O)OC)N(c2ccccc2)c2cc(C)ccc21.CCCCC(C)NC. The molecule has 1 heterocycles. The minimum absolute atomic E-state index is 0.420. The summed E-state index contributed by atoms with van der Waals surface area (Å²) in [7, 11) is 3.41. The molecule has 3 aromatic rings. The Morgan fingerprint density at radius 1 is 1.08 bits per heavy atom. The monoisotopic (exact) mass is 524 g/mol. The van der Waals surface area contributed by atoms with E-state index in [0.717, 1.165) is 45.5 Å². The van der Waals surface area contributed by atoms with Crippen molar-refractivity contribution in [1.29, 1.82) is 0 Å². The number of aldehydes is 1. The molecule has 204 valence electrons. The Balaban J connectivity index is 0.000000459. The van der Waals surface area contributed by atoms with Crippen molar-refractivity contribution < 1.29 is 14.3 Å². The van der Waals surface area contributed by atoms with E-state index >= 15 is 0 Å². The number of hydrogen-bond acceptors (Lipinski definition) is 5. The number of nitrogens with zero attached hydrogens (tertiary/aromatic N) is 1. The molecule has 1 aliphatic rings. The number of nitrogens with one attached hydrogen (secondary N) is 1. The van der Waals surface area contributed by atoms with Crippen LogP contribution < -0.4 is 10.2 Å². The second kappa shape index (κ2) is 14.3. The largest absolute Gasteiger partial charge is 0.464 e. The van der Waals surface area contributed by atoms with Gasteiger partial charge < -0.3 is 15.0 Å². The predicted molar refractivity (Wildman–Crippen MR) is 161 cm³/mol. The number of methoxy groups -OCH3 is 1. The van der Waals surface area contributed by atoms with Crippen molar-refractivity contribution in [3.05, 3.63) is 113 Å². The number of allylic oxidation sites excluding steroid dienone is 2. The molecule has 1 aliphatic heterocycles. The van der Waals surface area contributed by atoms with Crippen LogP contribution in [0.5, 0.6) is 0 Å². The molecule has 0 aliphatic carbocycles. The van der Waals surface area contributed by atoms with E-state index < -0.39 is 5.97 Å². The van der Waals surface area contributed by atoms with Gasteiger partial charge in [-0.15, -0.1) is 0 Å². The van der Waals surface area contributed by atoms with Gasteiger partial charge in [0.05, 0.1) is 12.8 Å². The summed E-state index contributed by atoms with van der Waals surface area (Å²) in [6, 6.07) is 24.0. The van der Waals surface area contributed by atoms with Crippen LogP contribution in [0.15, 0.2) is 90.6 Å². The third kappa shape index (κ3) is 7.33. The maximum absolute atomic E-state index is 13.1. The number of carbonyl (C=O) groups is 2. The molecular weight excluding hydrogens is 484 g/mol. The zero-order chi connectivity index (χ0) is 28.4. The number of unbranched alkanes of at least 4 members (excludes halogenated alkanes) is 1. The lowest BCUT2D eigenvalue weighted by Crippen LogP contribution is -2.30. The van der Waals surface area contributed by atoms with E-state index in [1.807, 2.05) is 73.5 Å². The number of carbonyl (C=O) groups excluding carboxylic acids is 2. The highest BCUT2D eigenvalue weighted by Crippen LogP contribution is 2.45. The number of aryl methyl sites for hydroxylation is 1. The maximum atomic E-state index is 13.1. The van der Waals surface area contributed by atoms with Gasteiger partial charge in [0.2, 0.25) is 0 Å². The van der Waals surface area contributed by atoms with Crippen LogP contribution in [0.25, 0.3) is 5.57 Å². The van der Waals surface area contributed by atoms with Gasteiger partial charge in [-0.1, -0.05) is 80.9 Å². The minimum Gasteiger partial charge on any atom is -0.464 e. The Kier molecular flexibility index (Phi) is 10.8. The van der Waals surface area contributed by atoms with E-state index in [-0.39, 0.29) is 0 Å². The van der Waals surface area contributed by atoms with Crippen molar-refractivity contribution in [3.8, 4) is 0 Å². The van der Waals surface area contributed by atoms with Crippen molar-refractivity contribution in [2.24, 2.45) is 0 Å². The fourth-order valence-electron chi connectivity index (χ4n) is 4.56. The summed E-state index contributed by atoms with van der Waals surface area (Å²) in [6.07, 6.45) is 5.28. The molecule has 0 aromatic heterocycles. The van der Waals surface area contributed by atoms with Crippen LogP contribution in [0, 0.1) is 6.92 Å². The van der Waals surface area contributed by atoms with Crippen molar-refractivity contribution in [2.75, 3.05) is 19.1 Å². The normalized spacial score (nSPS) is 13.3. The number of fused-ring (bicyclic) bond motifs is 1. The topological polar surface area (TPSA) is 58.6 Å². The fourth-order valence-corrected chi connectivity index (χ4v) is 4.56. The Morgan fingerprint density at radius 2 is 1.77 bits per heavy atom. The van der Waals surface area contributed by atoms with Crippen molar-refractivity contribution in [2.45, 2.75) is 52.5 Å². The lowest BCUT2D eigenvalue weighted by molar-refractivity contribution is -0.136. The third-order valence-electron chi connectivity index (χ3n) is 6.97. The molecule has 0 fully saturated rings. The summed E-state index contributed by atoms with van der Waals surface area (Å²) < 4.78 is 5.21. The first-order chi connectivity index (χ1) is 18.8. The van der Waals surface area contributed by atoms with Gasteiger partial charge in [-0.3, -0.25) is 4.79 Å². The summed E-state index contributed by atoms with van der Waals surface area (Å²) in [6.45, 7) is 10.8. The molecule has 1 N–H and O–H groups in total. The van der Waals surface area contributed by atoms with E-state index in [9.17, 15) is 9.59 Å². The smallest absolute Gasteiger partial charge is 0.355 e. The highest BCUT2D eigenvalue weighted by molar-refractivity contribution is 6.06. The average Bonchev–Trinajstić information content (AvgIpc) is 2.97. The molecule has 0 amide bonds. The van der Waals surface area contributed by atoms with E-state index in [1.54, 1.807) is 12.1 Å². The van der Waals surface area contributed by atoms with Gasteiger partial charge in [0.25, 0.3) is 0 Å². The molecule has 0 spiro atoms. The Hall–Kier alpha value is -3.96. The summed E-state index contributed by atoms with van der Waals surface area (Å²) in [4.78, 5) is 26.1. The van der Waals surface area contributed by atoms with E-state index in [1.165, 1.54) is 26.4 Å². The van der Waals surface area contributed by atoms with Crippen LogP contribution in [-0.2, 0) is 16.0 Å². The minimum atomic E-state index is -0.420. The van der Waals surface area contributed by atoms with Crippen molar-refractivity contribution in [3.63, 3.8) is 0 Å². The number of rotatable bonds is 9. The second-order valence-corrected chi connectivity index (χ2v) is 9.86. The molecule has 0 radical (unpaired) electrons. The first kappa shape index (κ1) is 29.6.